The van der Waals surface area contributed by atoms with Gasteiger partial charge in [0.1, 0.15) is 5.70 Å². The molecule has 1 aliphatic heterocycles. The predicted octanol–water partition coefficient (Wildman–Crippen LogP) is -0.0836. The molecular formula is C8H12N2O2. The lowest BCUT2D eigenvalue weighted by atomic mass is 10.2. The molecule has 0 radical (unpaired) electrons. The fourth-order valence-electron chi connectivity index (χ4n) is 0.939. The molecule has 1 rings (SSSR count). The van der Waals surface area contributed by atoms with E-state index in [0.717, 1.165) is 12.8 Å². The van der Waals surface area contributed by atoms with E-state index >= 15 is 0 Å². The van der Waals surface area contributed by atoms with Gasteiger partial charge in [-0.05, 0) is 6.42 Å². The van der Waals surface area contributed by atoms with E-state index in [4.69, 9.17) is 0 Å². The number of carbonyl (C=O) groups is 2. The molecule has 66 valence electrons. The monoisotopic (exact) mass is 168 g/mol. The van der Waals surface area contributed by atoms with Crippen LogP contribution in [0.1, 0.15) is 19.8 Å². The van der Waals surface area contributed by atoms with Gasteiger partial charge in [-0.3, -0.25) is 9.59 Å². The summed E-state index contributed by atoms with van der Waals surface area (Å²) in [4.78, 5) is 21.9. The molecule has 0 bridgehead atoms. The van der Waals surface area contributed by atoms with Crippen LogP contribution in [-0.2, 0) is 9.59 Å². The molecule has 12 heavy (non-hydrogen) atoms. The molecule has 0 spiro atoms. The summed E-state index contributed by atoms with van der Waals surface area (Å²) in [5.41, 5.74) is 0.383. The van der Waals surface area contributed by atoms with Crippen molar-refractivity contribution in [3.05, 3.63) is 11.8 Å². The van der Waals surface area contributed by atoms with Gasteiger partial charge >= 0.3 is 0 Å². The number of hydrogen-bond acceptors (Lipinski definition) is 2. The summed E-state index contributed by atoms with van der Waals surface area (Å²) in [6.07, 6.45) is 3.52. The average Bonchev–Trinajstić information content (AvgIpc) is 2.07. The fraction of sp³-hybridized carbons (Fsp3) is 0.500. The highest BCUT2D eigenvalue weighted by atomic mass is 16.2. The maximum atomic E-state index is 11.1. The molecule has 0 aliphatic carbocycles. The van der Waals surface area contributed by atoms with Crippen molar-refractivity contribution in [1.29, 1.82) is 0 Å². The fourth-order valence-corrected chi connectivity index (χ4v) is 0.939. The quantitative estimate of drug-likeness (QED) is 0.566. The average molecular weight is 168 g/mol. The van der Waals surface area contributed by atoms with Crippen LogP contribution in [-0.4, -0.2) is 18.4 Å². The number of hydrogen-bond donors (Lipinski definition) is 2. The Hall–Kier alpha value is -1.32. The van der Waals surface area contributed by atoms with Crippen LogP contribution in [0.15, 0.2) is 11.8 Å². The Morgan fingerprint density at radius 2 is 2.25 bits per heavy atom. The Morgan fingerprint density at radius 1 is 1.50 bits per heavy atom. The third-order valence-corrected chi connectivity index (χ3v) is 1.57. The maximum absolute atomic E-state index is 11.1. The van der Waals surface area contributed by atoms with E-state index in [2.05, 4.69) is 10.6 Å². The van der Waals surface area contributed by atoms with Crippen molar-refractivity contribution in [1.82, 2.24) is 10.6 Å². The molecule has 0 aromatic heterocycles. The molecule has 1 saturated heterocycles. The van der Waals surface area contributed by atoms with Crippen LogP contribution < -0.4 is 10.6 Å². The minimum absolute atomic E-state index is 0.0856. The number of allylic oxidation sites excluding steroid dienone is 1. The summed E-state index contributed by atoms with van der Waals surface area (Å²) in [5.74, 6) is -0.347. The molecule has 0 atom stereocenters. The second-order valence-electron chi connectivity index (χ2n) is 2.64. The van der Waals surface area contributed by atoms with Gasteiger partial charge in [0, 0.05) is 0 Å². The third kappa shape index (κ3) is 2.08. The van der Waals surface area contributed by atoms with Crippen molar-refractivity contribution in [3.8, 4) is 0 Å². The highest BCUT2D eigenvalue weighted by molar-refractivity contribution is 6.02. The zero-order chi connectivity index (χ0) is 8.97. The Bertz CT molecular complexity index is 233. The van der Waals surface area contributed by atoms with Gasteiger partial charge in [0.25, 0.3) is 5.91 Å². The molecule has 0 unspecified atom stereocenters. The zero-order valence-corrected chi connectivity index (χ0v) is 7.02. The summed E-state index contributed by atoms with van der Waals surface area (Å²) < 4.78 is 0. The van der Waals surface area contributed by atoms with Crippen LogP contribution in [0.4, 0.5) is 0 Å². The topological polar surface area (TPSA) is 58.2 Å². The SMILES string of the molecule is CCC/C=C1/NC(=O)CNC1=O. The van der Waals surface area contributed by atoms with E-state index in [1.165, 1.54) is 0 Å². The summed E-state index contributed by atoms with van der Waals surface area (Å²) in [6.45, 7) is 2.10. The van der Waals surface area contributed by atoms with Crippen molar-refractivity contribution in [3.63, 3.8) is 0 Å². The number of rotatable bonds is 2. The van der Waals surface area contributed by atoms with Gasteiger partial charge in [-0.25, -0.2) is 0 Å². The van der Waals surface area contributed by atoms with E-state index in [0.29, 0.717) is 5.70 Å². The predicted molar refractivity (Wildman–Crippen MR) is 44.1 cm³/mol. The number of amides is 2. The van der Waals surface area contributed by atoms with Gasteiger partial charge < -0.3 is 10.6 Å². The largest absolute Gasteiger partial charge is 0.342 e. The highest BCUT2D eigenvalue weighted by Gasteiger charge is 2.18. The first-order chi connectivity index (χ1) is 5.74. The van der Waals surface area contributed by atoms with Gasteiger partial charge in [0.15, 0.2) is 0 Å². The van der Waals surface area contributed by atoms with Crippen molar-refractivity contribution >= 4 is 11.8 Å². The lowest BCUT2D eigenvalue weighted by molar-refractivity contribution is -0.128. The van der Waals surface area contributed by atoms with Crippen LogP contribution in [0, 0.1) is 0 Å². The molecule has 0 saturated carbocycles. The van der Waals surface area contributed by atoms with E-state index in [-0.39, 0.29) is 18.4 Å². The number of piperazine rings is 1. The molecule has 1 heterocycles. The first-order valence-corrected chi connectivity index (χ1v) is 4.02. The lowest BCUT2D eigenvalue weighted by Gasteiger charge is -2.15. The molecule has 0 aromatic rings. The first kappa shape index (κ1) is 8.77. The van der Waals surface area contributed by atoms with Crippen molar-refractivity contribution in [2.45, 2.75) is 19.8 Å². The van der Waals surface area contributed by atoms with Crippen LogP contribution in [0.5, 0.6) is 0 Å². The van der Waals surface area contributed by atoms with E-state index < -0.39 is 0 Å². The highest BCUT2D eigenvalue weighted by Crippen LogP contribution is 1.98. The third-order valence-electron chi connectivity index (χ3n) is 1.57. The van der Waals surface area contributed by atoms with Crippen LogP contribution in [0.3, 0.4) is 0 Å². The maximum Gasteiger partial charge on any atom is 0.267 e. The second-order valence-corrected chi connectivity index (χ2v) is 2.64. The van der Waals surface area contributed by atoms with E-state index in [1.54, 1.807) is 6.08 Å². The van der Waals surface area contributed by atoms with Crippen molar-refractivity contribution in [2.24, 2.45) is 0 Å². The molecule has 0 aromatic carbocycles. The van der Waals surface area contributed by atoms with Gasteiger partial charge in [-0.1, -0.05) is 19.4 Å². The minimum Gasteiger partial charge on any atom is -0.342 e. The Morgan fingerprint density at radius 3 is 2.92 bits per heavy atom. The number of unbranched alkanes of at least 4 members (excludes halogenated alkanes) is 1. The molecule has 1 fully saturated rings. The molecular weight excluding hydrogens is 156 g/mol. The molecule has 4 nitrogen and oxygen atoms in total. The molecule has 2 N–H and O–H groups in total. The normalized spacial score (nSPS) is 20.6. The standard InChI is InChI=1S/C8H12N2O2/c1-2-3-4-6-8(12)9-5-7(11)10-6/h4H,2-3,5H2,1H3,(H,9,12)(H,10,11)/b6-4+. The number of carbonyl (C=O) groups excluding carboxylic acids is 2. The zero-order valence-electron chi connectivity index (χ0n) is 7.02. The van der Waals surface area contributed by atoms with Gasteiger partial charge in [0.05, 0.1) is 6.54 Å². The lowest BCUT2D eigenvalue weighted by Crippen LogP contribution is -2.47. The summed E-state index contributed by atoms with van der Waals surface area (Å²) >= 11 is 0. The van der Waals surface area contributed by atoms with Crippen LogP contribution in [0.25, 0.3) is 0 Å². The molecule has 4 heteroatoms. The molecule has 2 amide bonds. The van der Waals surface area contributed by atoms with Gasteiger partial charge in [-0.2, -0.15) is 0 Å². The van der Waals surface area contributed by atoms with E-state index in [1.807, 2.05) is 6.92 Å². The van der Waals surface area contributed by atoms with E-state index in [9.17, 15) is 9.59 Å². The van der Waals surface area contributed by atoms with Crippen molar-refractivity contribution < 1.29 is 9.59 Å². The minimum atomic E-state index is -0.192. The Labute approximate surface area is 71.0 Å². The summed E-state index contributed by atoms with van der Waals surface area (Å²) in [5, 5.41) is 4.98. The first-order valence-electron chi connectivity index (χ1n) is 4.02. The van der Waals surface area contributed by atoms with Gasteiger partial charge in [0.2, 0.25) is 5.91 Å². The Balaban J connectivity index is 2.60. The second kappa shape index (κ2) is 3.90. The Kier molecular flexibility index (Phi) is 2.85. The number of nitrogens with one attached hydrogen (secondary N) is 2. The summed E-state index contributed by atoms with van der Waals surface area (Å²) in [6, 6.07) is 0. The summed E-state index contributed by atoms with van der Waals surface area (Å²) in [7, 11) is 0. The smallest absolute Gasteiger partial charge is 0.267 e. The van der Waals surface area contributed by atoms with Gasteiger partial charge in [-0.15, -0.1) is 0 Å². The molecule has 1 aliphatic rings. The van der Waals surface area contributed by atoms with Crippen LogP contribution >= 0.6 is 0 Å². The van der Waals surface area contributed by atoms with Crippen molar-refractivity contribution in [2.75, 3.05) is 6.54 Å². The van der Waals surface area contributed by atoms with Crippen LogP contribution in [0.2, 0.25) is 0 Å².